The van der Waals surface area contributed by atoms with Crippen LogP contribution in [0.1, 0.15) is 34.6 Å². The summed E-state index contributed by atoms with van der Waals surface area (Å²) in [5.74, 6) is 0.0894. The summed E-state index contributed by atoms with van der Waals surface area (Å²) in [5, 5.41) is 5.44. The molecule has 2 amide bonds. The molecule has 2 aliphatic rings. The molecule has 2 aliphatic heterocycles. The van der Waals surface area contributed by atoms with Gasteiger partial charge in [0, 0.05) is 49.5 Å². The van der Waals surface area contributed by atoms with Crippen molar-refractivity contribution in [3.05, 3.63) is 53.5 Å². The number of aryl methyl sites for hydroxylation is 2. The van der Waals surface area contributed by atoms with Crippen LogP contribution in [-0.2, 0) is 23.0 Å². The first-order chi connectivity index (χ1) is 15.4. The zero-order chi connectivity index (χ0) is 22.3. The Balaban J connectivity index is 1.21. The SMILES string of the molecule is Cc1cc(C(=O)N2CCOC3(CCN(C(=O)Cc4c[nH]c5ccccc45)CC3)C2)nn1C. The molecule has 2 aromatic heterocycles. The zero-order valence-electron chi connectivity index (χ0n) is 18.6. The van der Waals surface area contributed by atoms with E-state index in [4.69, 9.17) is 4.74 Å². The van der Waals surface area contributed by atoms with Crippen LogP contribution in [0.25, 0.3) is 10.9 Å². The molecular weight excluding hydrogens is 406 g/mol. The van der Waals surface area contributed by atoms with E-state index in [2.05, 4.69) is 10.1 Å². The molecule has 1 aromatic carbocycles. The number of fused-ring (bicyclic) bond motifs is 1. The highest BCUT2D eigenvalue weighted by molar-refractivity contribution is 5.92. The van der Waals surface area contributed by atoms with E-state index in [1.165, 1.54) is 0 Å². The third-order valence-electron chi connectivity index (χ3n) is 6.91. The molecule has 32 heavy (non-hydrogen) atoms. The van der Waals surface area contributed by atoms with Gasteiger partial charge in [0.05, 0.1) is 25.2 Å². The summed E-state index contributed by atoms with van der Waals surface area (Å²) in [6.07, 6.45) is 3.79. The molecule has 4 heterocycles. The van der Waals surface area contributed by atoms with Crippen molar-refractivity contribution in [2.45, 2.75) is 31.8 Å². The second-order valence-corrected chi connectivity index (χ2v) is 8.97. The molecule has 0 saturated carbocycles. The van der Waals surface area contributed by atoms with Crippen LogP contribution in [-0.4, -0.2) is 74.8 Å². The number of piperidine rings is 1. The number of rotatable bonds is 3. The van der Waals surface area contributed by atoms with Gasteiger partial charge >= 0.3 is 0 Å². The van der Waals surface area contributed by atoms with Gasteiger partial charge in [-0.05, 0) is 37.5 Å². The van der Waals surface area contributed by atoms with Crippen LogP contribution in [0.15, 0.2) is 36.5 Å². The number of nitrogens with zero attached hydrogens (tertiary/aromatic N) is 4. The summed E-state index contributed by atoms with van der Waals surface area (Å²) in [7, 11) is 1.84. The van der Waals surface area contributed by atoms with Gasteiger partial charge in [-0.1, -0.05) is 18.2 Å². The van der Waals surface area contributed by atoms with E-state index in [0.717, 1.165) is 35.0 Å². The lowest BCUT2D eigenvalue weighted by Gasteiger charge is -2.47. The molecule has 2 fully saturated rings. The average Bonchev–Trinajstić information content (AvgIpc) is 3.36. The molecule has 0 atom stereocenters. The fraction of sp³-hybridized carbons (Fsp3) is 0.458. The van der Waals surface area contributed by atoms with Crippen molar-refractivity contribution in [2.75, 3.05) is 32.8 Å². The molecular formula is C24H29N5O3. The third-order valence-corrected chi connectivity index (χ3v) is 6.91. The van der Waals surface area contributed by atoms with Crippen molar-refractivity contribution in [2.24, 2.45) is 7.05 Å². The summed E-state index contributed by atoms with van der Waals surface area (Å²) >= 11 is 0. The predicted octanol–water partition coefficient (Wildman–Crippen LogP) is 2.29. The molecule has 168 valence electrons. The Morgan fingerprint density at radius 2 is 1.94 bits per heavy atom. The Kier molecular flexibility index (Phi) is 5.25. The number of H-pyrrole nitrogens is 1. The van der Waals surface area contributed by atoms with Gasteiger partial charge in [-0.2, -0.15) is 5.10 Å². The number of benzene rings is 1. The first-order valence-electron chi connectivity index (χ1n) is 11.2. The third kappa shape index (κ3) is 3.79. The summed E-state index contributed by atoms with van der Waals surface area (Å²) < 4.78 is 7.90. The molecule has 0 bridgehead atoms. The highest BCUT2D eigenvalue weighted by Gasteiger charge is 2.42. The molecule has 0 aliphatic carbocycles. The normalized spacial score (nSPS) is 18.4. The summed E-state index contributed by atoms with van der Waals surface area (Å²) in [5.41, 5.74) is 3.14. The van der Waals surface area contributed by atoms with Crippen molar-refractivity contribution in [3.63, 3.8) is 0 Å². The monoisotopic (exact) mass is 435 g/mol. The second kappa shape index (κ2) is 8.09. The molecule has 0 radical (unpaired) electrons. The van der Waals surface area contributed by atoms with Crippen LogP contribution >= 0.6 is 0 Å². The standard InChI is InChI=1S/C24H29N5O3/c1-17-13-21(26-27(17)2)23(31)29-11-12-32-24(16-29)7-9-28(10-8-24)22(30)14-18-15-25-20-6-4-3-5-19(18)20/h3-6,13,15,25H,7-12,14,16H2,1-2H3. The number of ether oxygens (including phenoxy) is 1. The van der Waals surface area contributed by atoms with Crippen molar-refractivity contribution >= 4 is 22.7 Å². The van der Waals surface area contributed by atoms with E-state index in [0.29, 0.717) is 44.9 Å². The number of morpholine rings is 1. The summed E-state index contributed by atoms with van der Waals surface area (Å²) in [4.78, 5) is 33.0. The lowest BCUT2D eigenvalue weighted by molar-refractivity contribution is -0.146. The maximum absolute atomic E-state index is 13.0. The lowest BCUT2D eigenvalue weighted by Crippen LogP contribution is -2.58. The molecule has 0 unspecified atom stereocenters. The highest BCUT2D eigenvalue weighted by Crippen LogP contribution is 2.31. The van der Waals surface area contributed by atoms with Crippen LogP contribution in [0.3, 0.4) is 0 Å². The molecule has 8 heteroatoms. The molecule has 3 aromatic rings. The van der Waals surface area contributed by atoms with Crippen LogP contribution in [0.5, 0.6) is 0 Å². The minimum atomic E-state index is -0.380. The minimum absolute atomic E-state index is 0.0470. The van der Waals surface area contributed by atoms with Gasteiger partial charge in [0.2, 0.25) is 5.91 Å². The smallest absolute Gasteiger partial charge is 0.274 e. The first-order valence-corrected chi connectivity index (χ1v) is 11.2. The first kappa shape index (κ1) is 20.8. The zero-order valence-corrected chi connectivity index (χ0v) is 18.6. The number of nitrogens with one attached hydrogen (secondary N) is 1. The number of likely N-dealkylation sites (tertiary alicyclic amines) is 1. The van der Waals surface area contributed by atoms with Crippen molar-refractivity contribution < 1.29 is 14.3 Å². The number of hydrogen-bond donors (Lipinski definition) is 1. The number of aromatic amines is 1. The molecule has 5 rings (SSSR count). The van der Waals surface area contributed by atoms with Gasteiger partial charge in [0.1, 0.15) is 0 Å². The maximum Gasteiger partial charge on any atom is 0.274 e. The predicted molar refractivity (Wildman–Crippen MR) is 120 cm³/mol. The van der Waals surface area contributed by atoms with Crippen LogP contribution in [0.4, 0.5) is 0 Å². The number of para-hydroxylation sites is 1. The van der Waals surface area contributed by atoms with Crippen molar-refractivity contribution in [1.29, 1.82) is 0 Å². The van der Waals surface area contributed by atoms with E-state index < -0.39 is 0 Å². The topological polar surface area (TPSA) is 83.5 Å². The number of amides is 2. The minimum Gasteiger partial charge on any atom is -0.371 e. The maximum atomic E-state index is 13.0. The van der Waals surface area contributed by atoms with Gasteiger partial charge in [-0.25, -0.2) is 0 Å². The van der Waals surface area contributed by atoms with E-state index in [1.807, 2.05) is 60.3 Å². The number of hydrogen-bond acceptors (Lipinski definition) is 4. The largest absolute Gasteiger partial charge is 0.371 e. The summed E-state index contributed by atoms with van der Waals surface area (Å²) in [6.45, 7) is 4.86. The molecule has 1 spiro atoms. The van der Waals surface area contributed by atoms with Crippen molar-refractivity contribution in [1.82, 2.24) is 24.6 Å². The Bertz CT molecular complexity index is 1140. The fourth-order valence-corrected chi connectivity index (χ4v) is 4.86. The number of carbonyl (C=O) groups excluding carboxylic acids is 2. The van der Waals surface area contributed by atoms with E-state index in [9.17, 15) is 9.59 Å². The Morgan fingerprint density at radius 1 is 1.16 bits per heavy atom. The molecule has 2 saturated heterocycles. The van der Waals surface area contributed by atoms with Crippen LogP contribution < -0.4 is 0 Å². The Labute approximate surface area is 187 Å². The van der Waals surface area contributed by atoms with E-state index >= 15 is 0 Å². The molecule has 1 N–H and O–H groups in total. The second-order valence-electron chi connectivity index (χ2n) is 8.97. The van der Waals surface area contributed by atoms with E-state index in [1.54, 1.807) is 4.68 Å². The number of aromatic nitrogens is 3. The van der Waals surface area contributed by atoms with Gasteiger partial charge in [-0.3, -0.25) is 14.3 Å². The fourth-order valence-electron chi connectivity index (χ4n) is 4.86. The summed E-state index contributed by atoms with van der Waals surface area (Å²) in [6, 6.07) is 9.88. The van der Waals surface area contributed by atoms with Crippen LogP contribution in [0.2, 0.25) is 0 Å². The van der Waals surface area contributed by atoms with Gasteiger partial charge < -0.3 is 19.5 Å². The number of carbonyl (C=O) groups is 2. The Hall–Kier alpha value is -3.13. The van der Waals surface area contributed by atoms with Crippen LogP contribution in [0, 0.1) is 6.92 Å². The van der Waals surface area contributed by atoms with Gasteiger partial charge in [0.25, 0.3) is 5.91 Å². The average molecular weight is 436 g/mol. The van der Waals surface area contributed by atoms with E-state index in [-0.39, 0.29) is 17.4 Å². The van der Waals surface area contributed by atoms with Crippen molar-refractivity contribution in [3.8, 4) is 0 Å². The molecule has 8 nitrogen and oxygen atoms in total. The van der Waals surface area contributed by atoms with Gasteiger partial charge in [-0.15, -0.1) is 0 Å². The highest BCUT2D eigenvalue weighted by atomic mass is 16.5. The Morgan fingerprint density at radius 3 is 2.69 bits per heavy atom. The lowest BCUT2D eigenvalue weighted by atomic mass is 9.89. The quantitative estimate of drug-likeness (QED) is 0.684. The van der Waals surface area contributed by atoms with Gasteiger partial charge in [0.15, 0.2) is 5.69 Å².